The summed E-state index contributed by atoms with van der Waals surface area (Å²) in [6.45, 7) is 3.86. The third-order valence-electron chi connectivity index (χ3n) is 4.81. The summed E-state index contributed by atoms with van der Waals surface area (Å²) in [5.74, 6) is 1.52. The molecule has 2 heterocycles. The summed E-state index contributed by atoms with van der Waals surface area (Å²) in [7, 11) is -1.60. The Bertz CT molecular complexity index is 961. The van der Waals surface area contributed by atoms with Crippen LogP contribution in [0.25, 0.3) is 10.9 Å². The average Bonchev–Trinajstić information content (AvgIpc) is 2.70. The number of pyridine rings is 1. The van der Waals surface area contributed by atoms with Crippen molar-refractivity contribution in [1.82, 2.24) is 9.29 Å². The third-order valence-corrected chi connectivity index (χ3v) is 6.77. The summed E-state index contributed by atoms with van der Waals surface area (Å²) in [6.07, 6.45) is 1.54. The zero-order valence-corrected chi connectivity index (χ0v) is 16.5. The van der Waals surface area contributed by atoms with E-state index in [0.717, 1.165) is 17.3 Å². The van der Waals surface area contributed by atoms with E-state index in [1.165, 1.54) is 0 Å². The van der Waals surface area contributed by atoms with Gasteiger partial charge >= 0.3 is 0 Å². The van der Waals surface area contributed by atoms with Crippen LogP contribution in [0.15, 0.2) is 24.3 Å². The molecule has 0 spiro atoms. The molecule has 0 bridgehead atoms. The van der Waals surface area contributed by atoms with Gasteiger partial charge in [-0.3, -0.25) is 0 Å². The minimum Gasteiger partial charge on any atom is -0.497 e. The quantitative estimate of drug-likeness (QED) is 0.755. The van der Waals surface area contributed by atoms with Crippen LogP contribution in [0.5, 0.6) is 5.75 Å². The molecule has 8 heteroatoms. The van der Waals surface area contributed by atoms with Gasteiger partial charge in [-0.05, 0) is 30.7 Å². The number of fused-ring (bicyclic) bond motifs is 1. The van der Waals surface area contributed by atoms with Crippen LogP contribution in [0.2, 0.25) is 0 Å². The molecule has 0 atom stereocenters. The molecule has 1 aliphatic rings. The molecule has 1 aromatic carbocycles. The predicted molar refractivity (Wildman–Crippen MR) is 105 cm³/mol. The summed E-state index contributed by atoms with van der Waals surface area (Å²) >= 11 is 0. The van der Waals surface area contributed by atoms with Gasteiger partial charge < -0.3 is 9.64 Å². The Balaban J connectivity index is 1.81. The number of anilines is 1. The molecular formula is C19H24N4O3S. The molecule has 0 aliphatic carbocycles. The maximum absolute atomic E-state index is 12.4. The van der Waals surface area contributed by atoms with Crippen molar-refractivity contribution in [1.29, 1.82) is 5.26 Å². The topological polar surface area (TPSA) is 86.5 Å². The van der Waals surface area contributed by atoms with E-state index >= 15 is 0 Å². The fourth-order valence-corrected chi connectivity index (χ4v) is 4.86. The Hall–Kier alpha value is -2.37. The number of nitrogens with zero attached hydrogens (tertiary/aromatic N) is 4. The van der Waals surface area contributed by atoms with Gasteiger partial charge in [0, 0.05) is 31.6 Å². The van der Waals surface area contributed by atoms with Crippen LogP contribution in [0.4, 0.5) is 5.82 Å². The van der Waals surface area contributed by atoms with Crippen molar-refractivity contribution in [2.24, 2.45) is 0 Å². The summed E-state index contributed by atoms with van der Waals surface area (Å²) in [5, 5.41) is 10.4. The van der Waals surface area contributed by atoms with Gasteiger partial charge in [0.25, 0.3) is 0 Å². The molecule has 1 saturated heterocycles. The first-order valence-electron chi connectivity index (χ1n) is 9.10. The lowest BCUT2D eigenvalue weighted by atomic mass is 10.1. The van der Waals surface area contributed by atoms with Crippen molar-refractivity contribution in [2.45, 2.75) is 19.8 Å². The Morgan fingerprint density at radius 3 is 2.59 bits per heavy atom. The number of hydrogen-bond donors (Lipinski definition) is 0. The van der Waals surface area contributed by atoms with Crippen molar-refractivity contribution in [3.63, 3.8) is 0 Å². The van der Waals surface area contributed by atoms with Crippen LogP contribution in [0.1, 0.15) is 25.3 Å². The molecule has 3 rings (SSSR count). The fraction of sp³-hybridized carbons (Fsp3) is 0.474. The highest BCUT2D eigenvalue weighted by atomic mass is 32.2. The van der Waals surface area contributed by atoms with E-state index in [9.17, 15) is 13.7 Å². The van der Waals surface area contributed by atoms with Crippen LogP contribution < -0.4 is 9.64 Å². The van der Waals surface area contributed by atoms with Gasteiger partial charge in [0.1, 0.15) is 17.6 Å². The second-order valence-electron chi connectivity index (χ2n) is 6.59. The van der Waals surface area contributed by atoms with Crippen LogP contribution in [0, 0.1) is 11.3 Å². The molecule has 0 radical (unpaired) electrons. The van der Waals surface area contributed by atoms with E-state index in [-0.39, 0.29) is 5.75 Å². The second kappa shape index (κ2) is 8.11. The molecule has 0 saturated carbocycles. The third kappa shape index (κ3) is 4.15. The summed E-state index contributed by atoms with van der Waals surface area (Å²) in [5.41, 5.74) is 1.26. The molecule has 144 valence electrons. The van der Waals surface area contributed by atoms with Crippen molar-refractivity contribution < 1.29 is 13.2 Å². The van der Waals surface area contributed by atoms with Gasteiger partial charge in [-0.25, -0.2) is 13.4 Å². The molecule has 1 aromatic heterocycles. The Morgan fingerprint density at radius 1 is 1.22 bits per heavy atom. The molecule has 27 heavy (non-hydrogen) atoms. The SMILES string of the molecule is CCCCS(=O)(=O)N1CCN(c2nc3ccc(OC)cc3cc2C#N)CC1. The monoisotopic (exact) mass is 388 g/mol. The van der Waals surface area contributed by atoms with Gasteiger partial charge in [0.15, 0.2) is 0 Å². The van der Waals surface area contributed by atoms with Crippen molar-refractivity contribution in [3.8, 4) is 11.8 Å². The highest BCUT2D eigenvalue weighted by Gasteiger charge is 2.28. The standard InChI is InChI=1S/C19H24N4O3S/c1-3-4-11-27(24,25)23-9-7-22(8-10-23)19-16(14-20)12-15-13-17(26-2)5-6-18(15)21-19/h5-6,12-13H,3-4,7-11H2,1-2H3. The van der Waals surface area contributed by atoms with E-state index in [1.54, 1.807) is 11.4 Å². The molecule has 0 unspecified atom stereocenters. The zero-order valence-electron chi connectivity index (χ0n) is 15.7. The molecule has 1 fully saturated rings. The first-order valence-corrected chi connectivity index (χ1v) is 10.7. The van der Waals surface area contributed by atoms with Gasteiger partial charge in [-0.15, -0.1) is 0 Å². The number of methoxy groups -OCH3 is 1. The minimum absolute atomic E-state index is 0.197. The summed E-state index contributed by atoms with van der Waals surface area (Å²) in [4.78, 5) is 6.66. The highest BCUT2D eigenvalue weighted by Crippen LogP contribution is 2.27. The molecule has 7 nitrogen and oxygen atoms in total. The van der Waals surface area contributed by atoms with Crippen LogP contribution >= 0.6 is 0 Å². The lowest BCUT2D eigenvalue weighted by Crippen LogP contribution is -2.49. The molecule has 0 amide bonds. The number of unbranched alkanes of at least 4 members (excludes halogenated alkanes) is 1. The molecule has 2 aromatic rings. The second-order valence-corrected chi connectivity index (χ2v) is 8.67. The number of nitriles is 1. The number of piperazine rings is 1. The number of ether oxygens (including phenoxy) is 1. The van der Waals surface area contributed by atoms with E-state index in [1.807, 2.05) is 36.1 Å². The van der Waals surface area contributed by atoms with Gasteiger partial charge in [-0.2, -0.15) is 9.57 Å². The van der Waals surface area contributed by atoms with E-state index in [2.05, 4.69) is 11.1 Å². The summed E-state index contributed by atoms with van der Waals surface area (Å²) < 4.78 is 31.5. The number of sulfonamides is 1. The molecular weight excluding hydrogens is 364 g/mol. The number of aromatic nitrogens is 1. The van der Waals surface area contributed by atoms with E-state index in [4.69, 9.17) is 4.74 Å². The Kier molecular flexibility index (Phi) is 5.82. The normalized spacial score (nSPS) is 15.7. The van der Waals surface area contributed by atoms with Crippen molar-refractivity contribution in [3.05, 3.63) is 29.8 Å². The smallest absolute Gasteiger partial charge is 0.214 e. The lowest BCUT2D eigenvalue weighted by Gasteiger charge is -2.35. The van der Waals surface area contributed by atoms with Gasteiger partial charge in [-0.1, -0.05) is 13.3 Å². The minimum atomic E-state index is -3.20. The van der Waals surface area contributed by atoms with Crippen molar-refractivity contribution in [2.75, 3.05) is 43.9 Å². The zero-order chi connectivity index (χ0) is 19.4. The lowest BCUT2D eigenvalue weighted by molar-refractivity contribution is 0.383. The molecule has 0 N–H and O–H groups in total. The number of benzene rings is 1. The van der Waals surface area contributed by atoms with Gasteiger partial charge in [0.05, 0.1) is 23.9 Å². The van der Waals surface area contributed by atoms with Crippen LogP contribution in [-0.2, 0) is 10.0 Å². The summed E-state index contributed by atoms with van der Waals surface area (Å²) in [6, 6.07) is 9.58. The average molecular weight is 388 g/mol. The first kappa shape index (κ1) is 19.4. The number of hydrogen-bond acceptors (Lipinski definition) is 6. The number of rotatable bonds is 6. The first-order chi connectivity index (χ1) is 13.0. The Morgan fingerprint density at radius 2 is 1.96 bits per heavy atom. The van der Waals surface area contributed by atoms with E-state index in [0.29, 0.717) is 49.7 Å². The van der Waals surface area contributed by atoms with Crippen LogP contribution in [0.3, 0.4) is 0 Å². The van der Waals surface area contributed by atoms with Gasteiger partial charge in [0.2, 0.25) is 10.0 Å². The van der Waals surface area contributed by atoms with E-state index < -0.39 is 10.0 Å². The largest absolute Gasteiger partial charge is 0.497 e. The Labute approximate surface area is 160 Å². The maximum Gasteiger partial charge on any atom is 0.214 e. The molecule has 1 aliphatic heterocycles. The fourth-order valence-electron chi connectivity index (χ4n) is 3.23. The van der Waals surface area contributed by atoms with Crippen molar-refractivity contribution >= 4 is 26.7 Å². The highest BCUT2D eigenvalue weighted by molar-refractivity contribution is 7.89. The maximum atomic E-state index is 12.4. The van der Waals surface area contributed by atoms with Crippen LogP contribution in [-0.4, -0.2) is 56.7 Å². The predicted octanol–water partition coefficient (Wildman–Crippen LogP) is 2.37.